The summed E-state index contributed by atoms with van der Waals surface area (Å²) in [4.78, 5) is 22.9. The number of carbonyl (C=O) groups is 2. The molecule has 112 valence electrons. The molecular formula is C13H24O6. The second kappa shape index (κ2) is 7.45. The molecule has 2 atom stereocenters. The molecule has 0 aromatic heterocycles. The van der Waals surface area contributed by atoms with E-state index in [-0.39, 0.29) is 19.4 Å². The van der Waals surface area contributed by atoms with Crippen molar-refractivity contribution in [2.45, 2.75) is 64.1 Å². The molecule has 0 rings (SSSR count). The van der Waals surface area contributed by atoms with Crippen molar-refractivity contribution >= 4 is 11.9 Å². The number of hydrogen-bond acceptors (Lipinski definition) is 4. The summed E-state index contributed by atoms with van der Waals surface area (Å²) in [5.74, 6) is -3.00. The summed E-state index contributed by atoms with van der Waals surface area (Å²) < 4.78 is 5.22. The van der Waals surface area contributed by atoms with Crippen molar-refractivity contribution in [3.8, 4) is 0 Å². The van der Waals surface area contributed by atoms with Crippen LogP contribution in [0.1, 0.15) is 52.9 Å². The molecule has 0 aromatic carbocycles. The van der Waals surface area contributed by atoms with E-state index < -0.39 is 23.1 Å². The lowest BCUT2D eigenvalue weighted by Crippen LogP contribution is -2.64. The first-order chi connectivity index (χ1) is 8.82. The highest BCUT2D eigenvalue weighted by Gasteiger charge is 2.60. The Labute approximate surface area is 113 Å². The fourth-order valence-electron chi connectivity index (χ4n) is 2.22. The first-order valence-electron chi connectivity index (χ1n) is 6.65. The van der Waals surface area contributed by atoms with Crippen molar-refractivity contribution in [3.63, 3.8) is 0 Å². The number of unbranched alkanes of at least 4 members (excludes halogenated alkanes) is 2. The van der Waals surface area contributed by atoms with E-state index in [9.17, 15) is 24.9 Å². The fourth-order valence-corrected chi connectivity index (χ4v) is 2.22. The van der Waals surface area contributed by atoms with Crippen molar-refractivity contribution in [1.29, 1.82) is 0 Å². The highest BCUT2D eigenvalue weighted by molar-refractivity contribution is 5.91. The monoisotopic (exact) mass is 276 g/mol. The van der Waals surface area contributed by atoms with E-state index in [1.807, 2.05) is 6.92 Å². The molecular weight excluding hydrogens is 252 g/mol. The average molecular weight is 276 g/mol. The number of aliphatic hydroxyl groups is 1. The summed E-state index contributed by atoms with van der Waals surface area (Å²) in [6, 6.07) is 0. The fraction of sp³-hybridized carbons (Fsp3) is 0.846. The van der Waals surface area contributed by atoms with Gasteiger partial charge in [0.1, 0.15) is 0 Å². The van der Waals surface area contributed by atoms with Crippen LogP contribution in [-0.4, -0.2) is 45.1 Å². The molecule has 0 aliphatic heterocycles. The standard InChI is InChI=1S/C13H24O6/c1-4-7-8-9-13(11(16)17,19-6-3)12(18,5-2)10(14)15/h18H,4-9H2,1-3H3,(H,14,15)(H,16,17). The molecule has 0 heterocycles. The van der Waals surface area contributed by atoms with E-state index in [1.54, 1.807) is 6.92 Å². The molecule has 0 saturated heterocycles. The van der Waals surface area contributed by atoms with E-state index in [2.05, 4.69) is 0 Å². The molecule has 0 aliphatic carbocycles. The maximum absolute atomic E-state index is 11.6. The Morgan fingerprint density at radius 3 is 1.95 bits per heavy atom. The van der Waals surface area contributed by atoms with Gasteiger partial charge in [0.05, 0.1) is 0 Å². The minimum Gasteiger partial charge on any atom is -0.479 e. The smallest absolute Gasteiger partial charge is 0.339 e. The minimum atomic E-state index is -2.43. The van der Waals surface area contributed by atoms with Gasteiger partial charge in [0, 0.05) is 6.61 Å². The van der Waals surface area contributed by atoms with E-state index >= 15 is 0 Å². The summed E-state index contributed by atoms with van der Waals surface area (Å²) in [5, 5.41) is 28.9. The van der Waals surface area contributed by atoms with Gasteiger partial charge in [-0.15, -0.1) is 0 Å². The summed E-state index contributed by atoms with van der Waals surface area (Å²) >= 11 is 0. The van der Waals surface area contributed by atoms with Gasteiger partial charge in [0.15, 0.2) is 0 Å². The number of carboxylic acid groups (broad SMARTS) is 2. The first kappa shape index (κ1) is 17.9. The van der Waals surface area contributed by atoms with Crippen molar-refractivity contribution in [1.82, 2.24) is 0 Å². The first-order valence-corrected chi connectivity index (χ1v) is 6.65. The van der Waals surface area contributed by atoms with E-state index in [0.717, 1.165) is 12.8 Å². The number of carboxylic acids is 2. The van der Waals surface area contributed by atoms with E-state index in [1.165, 1.54) is 6.92 Å². The zero-order valence-corrected chi connectivity index (χ0v) is 11.8. The Balaban J connectivity index is 5.54. The Morgan fingerprint density at radius 2 is 1.63 bits per heavy atom. The van der Waals surface area contributed by atoms with E-state index in [0.29, 0.717) is 6.42 Å². The maximum atomic E-state index is 11.6. The normalized spacial score (nSPS) is 17.5. The van der Waals surface area contributed by atoms with Crippen LogP contribution in [0.25, 0.3) is 0 Å². The van der Waals surface area contributed by atoms with Crippen molar-refractivity contribution in [2.24, 2.45) is 0 Å². The van der Waals surface area contributed by atoms with Gasteiger partial charge in [-0.25, -0.2) is 9.59 Å². The third-order valence-electron chi connectivity index (χ3n) is 3.40. The van der Waals surface area contributed by atoms with Crippen LogP contribution in [0.3, 0.4) is 0 Å². The van der Waals surface area contributed by atoms with Crippen molar-refractivity contribution in [2.75, 3.05) is 6.61 Å². The van der Waals surface area contributed by atoms with Crippen LogP contribution in [0.15, 0.2) is 0 Å². The minimum absolute atomic E-state index is 0.0218. The number of hydrogen-bond donors (Lipinski definition) is 3. The van der Waals surface area contributed by atoms with Gasteiger partial charge in [-0.2, -0.15) is 0 Å². The summed E-state index contributed by atoms with van der Waals surface area (Å²) in [6.07, 6.45) is 1.83. The van der Waals surface area contributed by atoms with Gasteiger partial charge in [0.25, 0.3) is 0 Å². The highest BCUT2D eigenvalue weighted by atomic mass is 16.5. The molecule has 0 radical (unpaired) electrons. The predicted molar refractivity (Wildman–Crippen MR) is 69.0 cm³/mol. The van der Waals surface area contributed by atoms with Crippen LogP contribution in [0.2, 0.25) is 0 Å². The third-order valence-corrected chi connectivity index (χ3v) is 3.40. The van der Waals surface area contributed by atoms with E-state index in [4.69, 9.17) is 4.74 Å². The molecule has 6 nitrogen and oxygen atoms in total. The Hall–Kier alpha value is -1.14. The van der Waals surface area contributed by atoms with Gasteiger partial charge < -0.3 is 20.1 Å². The Bertz CT molecular complexity index is 316. The van der Waals surface area contributed by atoms with Crippen LogP contribution in [0, 0.1) is 0 Å². The number of aliphatic carboxylic acids is 2. The van der Waals surface area contributed by atoms with Crippen LogP contribution in [-0.2, 0) is 14.3 Å². The molecule has 2 unspecified atom stereocenters. The zero-order chi connectivity index (χ0) is 15.1. The molecule has 19 heavy (non-hydrogen) atoms. The lowest BCUT2D eigenvalue weighted by atomic mass is 9.76. The Morgan fingerprint density at radius 1 is 1.05 bits per heavy atom. The third kappa shape index (κ3) is 3.45. The highest BCUT2D eigenvalue weighted by Crippen LogP contribution is 2.35. The lowest BCUT2D eigenvalue weighted by Gasteiger charge is -2.40. The van der Waals surface area contributed by atoms with Crippen molar-refractivity contribution in [3.05, 3.63) is 0 Å². The van der Waals surface area contributed by atoms with Gasteiger partial charge in [-0.05, 0) is 26.2 Å². The molecule has 0 aliphatic rings. The Kier molecular flexibility index (Phi) is 7.00. The lowest BCUT2D eigenvalue weighted by molar-refractivity contribution is -0.221. The maximum Gasteiger partial charge on any atom is 0.339 e. The predicted octanol–water partition coefficient (Wildman–Crippen LogP) is 1.65. The van der Waals surface area contributed by atoms with Crippen LogP contribution in [0.5, 0.6) is 0 Å². The molecule has 0 fully saturated rings. The van der Waals surface area contributed by atoms with Crippen molar-refractivity contribution < 1.29 is 29.6 Å². The molecule has 0 bridgehead atoms. The molecule has 0 saturated carbocycles. The molecule has 6 heteroatoms. The summed E-state index contributed by atoms with van der Waals surface area (Å²) in [5.41, 5.74) is -4.53. The summed E-state index contributed by atoms with van der Waals surface area (Å²) in [7, 11) is 0. The van der Waals surface area contributed by atoms with Gasteiger partial charge in [-0.1, -0.05) is 26.7 Å². The molecule has 0 aromatic rings. The van der Waals surface area contributed by atoms with Gasteiger partial charge >= 0.3 is 11.9 Å². The quantitative estimate of drug-likeness (QED) is 0.524. The van der Waals surface area contributed by atoms with Gasteiger partial charge in [0.2, 0.25) is 11.2 Å². The van der Waals surface area contributed by atoms with Crippen LogP contribution >= 0.6 is 0 Å². The van der Waals surface area contributed by atoms with Gasteiger partial charge in [-0.3, -0.25) is 0 Å². The number of ether oxygens (including phenoxy) is 1. The molecule has 0 spiro atoms. The van der Waals surface area contributed by atoms with Crippen LogP contribution < -0.4 is 0 Å². The second-order valence-electron chi connectivity index (χ2n) is 4.54. The molecule has 3 N–H and O–H groups in total. The summed E-state index contributed by atoms with van der Waals surface area (Å²) in [6.45, 7) is 4.99. The number of rotatable bonds is 10. The SMILES string of the molecule is CCCCCC(OCC)(C(=O)O)C(O)(CC)C(=O)O. The van der Waals surface area contributed by atoms with Crippen LogP contribution in [0.4, 0.5) is 0 Å². The average Bonchev–Trinajstić information content (AvgIpc) is 2.36. The zero-order valence-electron chi connectivity index (χ0n) is 11.8. The topological polar surface area (TPSA) is 104 Å². The second-order valence-corrected chi connectivity index (χ2v) is 4.54. The molecule has 0 amide bonds. The largest absolute Gasteiger partial charge is 0.479 e.